The predicted molar refractivity (Wildman–Crippen MR) is 107 cm³/mol. The standard InChI is InChI=1S/C20H29N3O2.ClH/c1-15-4-2-3-13-23(15)20(25)17-6-8-18(9-7-17)22-19(24)10-5-16-11-12-21-14-16;/h6-9,15-16,21H,2-5,10-14H2,1H3,(H,22,24);1H. The Labute approximate surface area is 162 Å². The first-order chi connectivity index (χ1) is 12.1. The Hall–Kier alpha value is -1.59. The van der Waals surface area contributed by atoms with Gasteiger partial charge < -0.3 is 15.5 Å². The van der Waals surface area contributed by atoms with Crippen molar-refractivity contribution in [2.24, 2.45) is 5.92 Å². The fourth-order valence-corrected chi connectivity index (χ4v) is 3.78. The van der Waals surface area contributed by atoms with Crippen LogP contribution in [0.25, 0.3) is 0 Å². The molecule has 2 aliphatic heterocycles. The third-order valence-corrected chi connectivity index (χ3v) is 5.42. The van der Waals surface area contributed by atoms with E-state index in [2.05, 4.69) is 17.6 Å². The third-order valence-electron chi connectivity index (χ3n) is 5.42. The van der Waals surface area contributed by atoms with Crippen molar-refractivity contribution < 1.29 is 9.59 Å². The van der Waals surface area contributed by atoms with Gasteiger partial charge in [-0.05, 0) is 82.3 Å². The molecule has 2 heterocycles. The third kappa shape index (κ3) is 5.45. The number of hydrogen-bond acceptors (Lipinski definition) is 3. The number of rotatable bonds is 5. The molecule has 2 N–H and O–H groups in total. The molecule has 1 aromatic carbocycles. The highest BCUT2D eigenvalue weighted by atomic mass is 35.5. The van der Waals surface area contributed by atoms with E-state index in [-0.39, 0.29) is 24.2 Å². The second kappa shape index (κ2) is 9.93. The summed E-state index contributed by atoms with van der Waals surface area (Å²) in [6.07, 6.45) is 6.02. The maximum Gasteiger partial charge on any atom is 0.254 e. The summed E-state index contributed by atoms with van der Waals surface area (Å²) in [6.45, 7) is 5.05. The quantitative estimate of drug-likeness (QED) is 0.823. The molecule has 5 nitrogen and oxygen atoms in total. The summed E-state index contributed by atoms with van der Waals surface area (Å²) in [6, 6.07) is 7.61. The number of nitrogens with zero attached hydrogens (tertiary/aromatic N) is 1. The van der Waals surface area contributed by atoms with Gasteiger partial charge in [0.05, 0.1) is 0 Å². The number of amides is 2. The van der Waals surface area contributed by atoms with Gasteiger partial charge in [0.2, 0.25) is 5.91 Å². The fourth-order valence-electron chi connectivity index (χ4n) is 3.78. The molecule has 2 amide bonds. The van der Waals surface area contributed by atoms with Crippen molar-refractivity contribution >= 4 is 29.9 Å². The van der Waals surface area contributed by atoms with E-state index in [9.17, 15) is 9.59 Å². The number of hydrogen-bond donors (Lipinski definition) is 2. The van der Waals surface area contributed by atoms with Crippen LogP contribution in [0.4, 0.5) is 5.69 Å². The highest BCUT2D eigenvalue weighted by molar-refractivity contribution is 5.96. The number of anilines is 1. The van der Waals surface area contributed by atoms with Gasteiger partial charge in [-0.1, -0.05) is 0 Å². The van der Waals surface area contributed by atoms with Gasteiger partial charge in [0.15, 0.2) is 0 Å². The predicted octanol–water partition coefficient (Wildman–Crippen LogP) is 3.45. The number of halogens is 1. The minimum atomic E-state index is 0. The first-order valence-corrected chi connectivity index (χ1v) is 9.55. The van der Waals surface area contributed by atoms with Gasteiger partial charge in [-0.15, -0.1) is 12.4 Å². The normalized spacial score (nSPS) is 22.6. The number of nitrogens with one attached hydrogen (secondary N) is 2. The van der Waals surface area contributed by atoms with Crippen molar-refractivity contribution in [3.8, 4) is 0 Å². The number of likely N-dealkylation sites (tertiary alicyclic amines) is 1. The Morgan fingerprint density at radius 3 is 2.62 bits per heavy atom. The summed E-state index contributed by atoms with van der Waals surface area (Å²) in [5, 5.41) is 6.26. The first kappa shape index (κ1) is 20.7. The summed E-state index contributed by atoms with van der Waals surface area (Å²) in [7, 11) is 0. The fraction of sp³-hybridized carbons (Fsp3) is 0.600. The monoisotopic (exact) mass is 379 g/mol. The van der Waals surface area contributed by atoms with Gasteiger partial charge in [0.1, 0.15) is 0 Å². The summed E-state index contributed by atoms with van der Waals surface area (Å²) in [5.41, 5.74) is 1.46. The van der Waals surface area contributed by atoms with Gasteiger partial charge >= 0.3 is 0 Å². The van der Waals surface area contributed by atoms with Crippen molar-refractivity contribution in [1.29, 1.82) is 0 Å². The SMILES string of the molecule is CC1CCCCN1C(=O)c1ccc(NC(=O)CCC2CCNC2)cc1.Cl. The molecule has 0 spiro atoms. The molecule has 2 saturated heterocycles. The lowest BCUT2D eigenvalue weighted by Crippen LogP contribution is -2.42. The molecule has 3 rings (SSSR count). The van der Waals surface area contributed by atoms with E-state index < -0.39 is 0 Å². The molecule has 2 unspecified atom stereocenters. The highest BCUT2D eigenvalue weighted by Gasteiger charge is 2.24. The van der Waals surface area contributed by atoms with E-state index in [4.69, 9.17) is 0 Å². The Morgan fingerprint density at radius 1 is 1.19 bits per heavy atom. The molecule has 2 aliphatic rings. The van der Waals surface area contributed by atoms with Crippen LogP contribution in [0.2, 0.25) is 0 Å². The summed E-state index contributed by atoms with van der Waals surface area (Å²) in [4.78, 5) is 26.7. The number of carbonyl (C=O) groups is 2. The van der Waals surface area contributed by atoms with Crippen LogP contribution in [-0.4, -0.2) is 42.4 Å². The number of carbonyl (C=O) groups excluding carboxylic acids is 2. The van der Waals surface area contributed by atoms with E-state index in [1.807, 2.05) is 29.2 Å². The van der Waals surface area contributed by atoms with Gasteiger partial charge in [0, 0.05) is 30.3 Å². The van der Waals surface area contributed by atoms with Crippen LogP contribution in [0.5, 0.6) is 0 Å². The van der Waals surface area contributed by atoms with Crippen LogP contribution in [0, 0.1) is 5.92 Å². The molecule has 0 aliphatic carbocycles. The van der Waals surface area contributed by atoms with Crippen molar-refractivity contribution in [3.63, 3.8) is 0 Å². The van der Waals surface area contributed by atoms with Crippen molar-refractivity contribution in [2.45, 2.75) is 51.5 Å². The largest absolute Gasteiger partial charge is 0.336 e. The minimum absolute atomic E-state index is 0. The molecular formula is C20H30ClN3O2. The van der Waals surface area contributed by atoms with E-state index in [1.54, 1.807) is 0 Å². The zero-order valence-corrected chi connectivity index (χ0v) is 16.3. The van der Waals surface area contributed by atoms with Gasteiger partial charge in [-0.2, -0.15) is 0 Å². The molecule has 0 bridgehead atoms. The zero-order chi connectivity index (χ0) is 17.6. The maximum absolute atomic E-state index is 12.6. The minimum Gasteiger partial charge on any atom is -0.336 e. The lowest BCUT2D eigenvalue weighted by Gasteiger charge is -2.33. The number of benzene rings is 1. The van der Waals surface area contributed by atoms with Crippen LogP contribution in [-0.2, 0) is 4.79 Å². The highest BCUT2D eigenvalue weighted by Crippen LogP contribution is 2.20. The lowest BCUT2D eigenvalue weighted by molar-refractivity contribution is -0.116. The first-order valence-electron chi connectivity index (χ1n) is 9.55. The molecule has 0 saturated carbocycles. The molecule has 2 fully saturated rings. The van der Waals surface area contributed by atoms with Gasteiger partial charge in [0.25, 0.3) is 5.91 Å². The van der Waals surface area contributed by atoms with Crippen molar-refractivity contribution in [1.82, 2.24) is 10.2 Å². The van der Waals surface area contributed by atoms with E-state index in [0.29, 0.717) is 23.9 Å². The Bertz CT molecular complexity index is 600. The molecule has 6 heteroatoms. The smallest absolute Gasteiger partial charge is 0.254 e. The lowest BCUT2D eigenvalue weighted by atomic mass is 10.0. The molecule has 1 aromatic rings. The Balaban J connectivity index is 0.00000243. The molecule has 144 valence electrons. The summed E-state index contributed by atoms with van der Waals surface area (Å²) < 4.78 is 0. The van der Waals surface area contributed by atoms with Crippen molar-refractivity contribution in [3.05, 3.63) is 29.8 Å². The van der Waals surface area contributed by atoms with Crippen LogP contribution < -0.4 is 10.6 Å². The Kier molecular flexibility index (Phi) is 7.91. The van der Waals surface area contributed by atoms with E-state index in [1.165, 1.54) is 12.8 Å². The molecule has 0 radical (unpaired) electrons. The summed E-state index contributed by atoms with van der Waals surface area (Å²) in [5.74, 6) is 0.770. The molecule has 0 aromatic heterocycles. The van der Waals surface area contributed by atoms with Crippen molar-refractivity contribution in [2.75, 3.05) is 25.0 Å². The maximum atomic E-state index is 12.6. The second-order valence-electron chi connectivity index (χ2n) is 7.37. The van der Waals surface area contributed by atoms with E-state index >= 15 is 0 Å². The second-order valence-corrected chi connectivity index (χ2v) is 7.37. The molecular weight excluding hydrogens is 350 g/mol. The van der Waals surface area contributed by atoms with Gasteiger partial charge in [-0.3, -0.25) is 9.59 Å². The summed E-state index contributed by atoms with van der Waals surface area (Å²) >= 11 is 0. The number of piperidine rings is 1. The van der Waals surface area contributed by atoms with Crippen LogP contribution in [0.3, 0.4) is 0 Å². The van der Waals surface area contributed by atoms with Crippen LogP contribution in [0.1, 0.15) is 55.8 Å². The Morgan fingerprint density at radius 2 is 1.96 bits per heavy atom. The zero-order valence-electron chi connectivity index (χ0n) is 15.5. The average molecular weight is 380 g/mol. The topological polar surface area (TPSA) is 61.4 Å². The molecule has 2 atom stereocenters. The van der Waals surface area contributed by atoms with Gasteiger partial charge in [-0.25, -0.2) is 0 Å². The van der Waals surface area contributed by atoms with Crippen LogP contribution in [0.15, 0.2) is 24.3 Å². The molecule has 26 heavy (non-hydrogen) atoms. The average Bonchev–Trinajstić information content (AvgIpc) is 3.14. The van der Waals surface area contributed by atoms with Crippen LogP contribution >= 0.6 is 12.4 Å². The van der Waals surface area contributed by atoms with E-state index in [0.717, 1.165) is 44.6 Å².